The second-order valence-electron chi connectivity index (χ2n) is 5.31. The van der Waals surface area contributed by atoms with Crippen LogP contribution in [0.25, 0.3) is 0 Å². The molecule has 0 fully saturated rings. The van der Waals surface area contributed by atoms with Gasteiger partial charge in [0, 0.05) is 11.6 Å². The maximum atomic E-state index is 13.2. The van der Waals surface area contributed by atoms with Gasteiger partial charge >= 0.3 is 0 Å². The Bertz CT molecular complexity index is 375. The summed E-state index contributed by atoms with van der Waals surface area (Å²) in [5.74, 6) is -1.02. The molecule has 1 rings (SSSR count). The zero-order valence-corrected chi connectivity index (χ0v) is 11.2. The van der Waals surface area contributed by atoms with E-state index in [1.54, 1.807) is 0 Å². The summed E-state index contributed by atoms with van der Waals surface area (Å²) in [5.41, 5.74) is 0.107. The minimum Gasteiger partial charge on any atom is -0.490 e. The van der Waals surface area contributed by atoms with Crippen molar-refractivity contribution in [1.82, 2.24) is 5.32 Å². The largest absolute Gasteiger partial charge is 0.490 e. The molecule has 4 heteroatoms. The van der Waals surface area contributed by atoms with Crippen LogP contribution in [0.5, 0.6) is 5.75 Å². The van der Waals surface area contributed by atoms with Crippen LogP contribution in [0, 0.1) is 11.6 Å². The maximum Gasteiger partial charge on any atom is 0.165 e. The molecular formula is C14H21F2NO. The first-order chi connectivity index (χ1) is 8.38. The van der Waals surface area contributed by atoms with Crippen molar-refractivity contribution in [2.75, 3.05) is 13.2 Å². The Morgan fingerprint density at radius 3 is 2.56 bits per heavy atom. The van der Waals surface area contributed by atoms with Crippen molar-refractivity contribution in [3.8, 4) is 5.75 Å². The summed E-state index contributed by atoms with van der Waals surface area (Å²) in [5, 5.41) is 3.35. The number of nitrogens with one attached hydrogen (secondary N) is 1. The molecule has 0 spiro atoms. The number of halogens is 2. The van der Waals surface area contributed by atoms with Gasteiger partial charge < -0.3 is 10.1 Å². The topological polar surface area (TPSA) is 21.3 Å². The van der Waals surface area contributed by atoms with E-state index in [4.69, 9.17) is 4.74 Å². The molecule has 0 atom stereocenters. The summed E-state index contributed by atoms with van der Waals surface area (Å²) < 4.78 is 31.3. The summed E-state index contributed by atoms with van der Waals surface area (Å²) in [7, 11) is 0. The molecule has 0 saturated carbocycles. The standard InChI is InChI=1S/C14H21F2NO/c1-14(2,3)17-8-4-5-9-18-13-10-11(15)6-7-12(13)16/h6-7,10,17H,4-5,8-9H2,1-3H3. The number of hydrogen-bond acceptors (Lipinski definition) is 2. The lowest BCUT2D eigenvalue weighted by Gasteiger charge is -2.20. The number of ether oxygens (including phenoxy) is 1. The van der Waals surface area contributed by atoms with Crippen LogP contribution in [0.15, 0.2) is 18.2 Å². The molecule has 102 valence electrons. The van der Waals surface area contributed by atoms with Gasteiger partial charge in [-0.25, -0.2) is 8.78 Å². The molecule has 0 aromatic heterocycles. The van der Waals surface area contributed by atoms with Gasteiger partial charge in [-0.15, -0.1) is 0 Å². The van der Waals surface area contributed by atoms with Crippen LogP contribution in [0.4, 0.5) is 8.78 Å². The highest BCUT2D eigenvalue weighted by Gasteiger charge is 2.07. The van der Waals surface area contributed by atoms with Gasteiger partial charge in [0.25, 0.3) is 0 Å². The number of unbranched alkanes of at least 4 members (excludes halogenated alkanes) is 1. The highest BCUT2D eigenvalue weighted by Crippen LogP contribution is 2.18. The van der Waals surface area contributed by atoms with Gasteiger partial charge in [0.15, 0.2) is 11.6 Å². The van der Waals surface area contributed by atoms with Crippen molar-refractivity contribution in [2.45, 2.75) is 39.2 Å². The third-order valence-electron chi connectivity index (χ3n) is 2.38. The van der Waals surface area contributed by atoms with Gasteiger partial charge in [0.1, 0.15) is 5.82 Å². The summed E-state index contributed by atoms with van der Waals surface area (Å²) in [6.45, 7) is 7.59. The molecule has 1 N–H and O–H groups in total. The van der Waals surface area contributed by atoms with E-state index < -0.39 is 11.6 Å². The smallest absolute Gasteiger partial charge is 0.165 e. The van der Waals surface area contributed by atoms with Crippen LogP contribution in [-0.2, 0) is 0 Å². The van der Waals surface area contributed by atoms with Gasteiger partial charge in [-0.3, -0.25) is 0 Å². The Morgan fingerprint density at radius 2 is 1.89 bits per heavy atom. The Labute approximate surface area is 107 Å². The van der Waals surface area contributed by atoms with Crippen molar-refractivity contribution in [3.05, 3.63) is 29.8 Å². The van der Waals surface area contributed by atoms with E-state index in [2.05, 4.69) is 26.1 Å². The monoisotopic (exact) mass is 257 g/mol. The molecule has 0 aliphatic rings. The average molecular weight is 257 g/mol. The van der Waals surface area contributed by atoms with Crippen LogP contribution in [-0.4, -0.2) is 18.7 Å². The van der Waals surface area contributed by atoms with Crippen LogP contribution >= 0.6 is 0 Å². The molecule has 0 amide bonds. The predicted octanol–water partition coefficient (Wildman–Crippen LogP) is 3.51. The van der Waals surface area contributed by atoms with Crippen molar-refractivity contribution < 1.29 is 13.5 Å². The Morgan fingerprint density at radius 1 is 1.17 bits per heavy atom. The van der Waals surface area contributed by atoms with Gasteiger partial charge in [0.05, 0.1) is 6.61 Å². The first kappa shape index (κ1) is 14.9. The average Bonchev–Trinajstić information content (AvgIpc) is 2.26. The second-order valence-corrected chi connectivity index (χ2v) is 5.31. The van der Waals surface area contributed by atoms with Crippen molar-refractivity contribution in [2.24, 2.45) is 0 Å². The lowest BCUT2D eigenvalue weighted by Crippen LogP contribution is -2.36. The van der Waals surface area contributed by atoms with E-state index in [0.29, 0.717) is 6.61 Å². The zero-order chi connectivity index (χ0) is 13.6. The molecule has 2 nitrogen and oxygen atoms in total. The number of hydrogen-bond donors (Lipinski definition) is 1. The summed E-state index contributed by atoms with van der Waals surface area (Å²) in [6.07, 6.45) is 1.74. The molecule has 1 aromatic carbocycles. The summed E-state index contributed by atoms with van der Waals surface area (Å²) >= 11 is 0. The van der Waals surface area contributed by atoms with Crippen molar-refractivity contribution >= 4 is 0 Å². The lowest BCUT2D eigenvalue weighted by molar-refractivity contribution is 0.286. The highest BCUT2D eigenvalue weighted by atomic mass is 19.1. The quantitative estimate of drug-likeness (QED) is 0.787. The first-order valence-electron chi connectivity index (χ1n) is 6.21. The third kappa shape index (κ3) is 5.96. The molecule has 0 heterocycles. The normalized spacial score (nSPS) is 11.6. The fourth-order valence-corrected chi connectivity index (χ4v) is 1.46. The fourth-order valence-electron chi connectivity index (χ4n) is 1.46. The predicted molar refractivity (Wildman–Crippen MR) is 68.8 cm³/mol. The Kier molecular flexibility index (Phi) is 5.54. The Hall–Kier alpha value is -1.16. The van der Waals surface area contributed by atoms with Gasteiger partial charge in [-0.05, 0) is 52.3 Å². The van der Waals surface area contributed by atoms with Crippen LogP contribution < -0.4 is 10.1 Å². The van der Waals surface area contributed by atoms with Crippen molar-refractivity contribution in [1.29, 1.82) is 0 Å². The third-order valence-corrected chi connectivity index (χ3v) is 2.38. The summed E-state index contributed by atoms with van der Waals surface area (Å²) in [4.78, 5) is 0. The van der Waals surface area contributed by atoms with Crippen LogP contribution in [0.2, 0.25) is 0 Å². The molecule has 1 aromatic rings. The SMILES string of the molecule is CC(C)(C)NCCCCOc1cc(F)ccc1F. The maximum absolute atomic E-state index is 13.2. The highest BCUT2D eigenvalue weighted by molar-refractivity contribution is 5.24. The second kappa shape index (κ2) is 6.69. The zero-order valence-electron chi connectivity index (χ0n) is 11.2. The molecule has 0 bridgehead atoms. The van der Waals surface area contributed by atoms with Gasteiger partial charge in [0.2, 0.25) is 0 Å². The molecule has 0 radical (unpaired) electrons. The minimum atomic E-state index is -0.524. The molecule has 0 unspecified atom stereocenters. The van der Waals surface area contributed by atoms with Crippen LogP contribution in [0.3, 0.4) is 0 Å². The minimum absolute atomic E-state index is 0.0150. The van der Waals surface area contributed by atoms with E-state index in [9.17, 15) is 8.78 Å². The van der Waals surface area contributed by atoms with Crippen LogP contribution in [0.1, 0.15) is 33.6 Å². The molecule has 18 heavy (non-hydrogen) atoms. The van der Waals surface area contributed by atoms with E-state index in [1.165, 1.54) is 0 Å². The van der Waals surface area contributed by atoms with E-state index in [0.717, 1.165) is 37.6 Å². The Balaban J connectivity index is 2.20. The van der Waals surface area contributed by atoms with Gasteiger partial charge in [-0.2, -0.15) is 0 Å². The number of rotatable bonds is 6. The number of benzene rings is 1. The van der Waals surface area contributed by atoms with E-state index in [1.807, 2.05) is 0 Å². The van der Waals surface area contributed by atoms with Crippen molar-refractivity contribution in [3.63, 3.8) is 0 Å². The van der Waals surface area contributed by atoms with Gasteiger partial charge in [-0.1, -0.05) is 0 Å². The molecule has 0 saturated heterocycles. The molecule has 0 aliphatic heterocycles. The fraction of sp³-hybridized carbons (Fsp3) is 0.571. The molecular weight excluding hydrogens is 236 g/mol. The lowest BCUT2D eigenvalue weighted by atomic mass is 10.1. The van der Waals surface area contributed by atoms with E-state index in [-0.39, 0.29) is 11.3 Å². The first-order valence-corrected chi connectivity index (χ1v) is 6.21. The van der Waals surface area contributed by atoms with E-state index >= 15 is 0 Å². The summed E-state index contributed by atoms with van der Waals surface area (Å²) in [6, 6.07) is 3.23. The molecule has 0 aliphatic carbocycles.